The monoisotopic (exact) mass is 365 g/mol. The fraction of sp³-hybridized carbons (Fsp3) is 0.250. The summed E-state index contributed by atoms with van der Waals surface area (Å²) in [6.07, 6.45) is -0.174. The van der Waals surface area contributed by atoms with Gasteiger partial charge in [-0.15, -0.1) is 0 Å². The Labute approximate surface area is 155 Å². The van der Waals surface area contributed by atoms with Crippen LogP contribution in [0.3, 0.4) is 0 Å². The maximum atomic E-state index is 12.4. The first-order valence-corrected chi connectivity index (χ1v) is 8.72. The molecule has 0 radical (unpaired) electrons. The molecule has 1 N–H and O–H groups in total. The lowest BCUT2D eigenvalue weighted by molar-refractivity contribution is -0.121. The molecule has 0 spiro atoms. The van der Waals surface area contributed by atoms with E-state index in [9.17, 15) is 9.59 Å². The van der Waals surface area contributed by atoms with Crippen molar-refractivity contribution in [2.75, 3.05) is 13.2 Å². The summed E-state index contributed by atoms with van der Waals surface area (Å²) in [4.78, 5) is 24.6. The number of hydrogen-bond donors (Lipinski definition) is 1. The Morgan fingerprint density at radius 2 is 1.85 bits per heavy atom. The molecule has 0 bridgehead atoms. The Hall–Kier alpha value is -3.35. The van der Waals surface area contributed by atoms with Crippen molar-refractivity contribution in [3.05, 3.63) is 64.6 Å². The molecular weight excluding hydrogens is 346 g/mol. The van der Waals surface area contributed by atoms with Crippen LogP contribution in [0.2, 0.25) is 0 Å². The molecule has 3 aromatic rings. The number of para-hydroxylation sites is 2. The minimum atomic E-state index is -0.256. The zero-order valence-electron chi connectivity index (χ0n) is 14.8. The van der Waals surface area contributed by atoms with E-state index in [0.29, 0.717) is 41.1 Å². The molecule has 1 aliphatic heterocycles. The normalized spacial score (nSPS) is 15.5. The number of amides is 1. The third-order valence-electron chi connectivity index (χ3n) is 4.46. The first kappa shape index (κ1) is 17.1. The Kier molecular flexibility index (Phi) is 4.50. The average molecular weight is 365 g/mol. The minimum Gasteiger partial charge on any atom is -0.486 e. The van der Waals surface area contributed by atoms with Gasteiger partial charge in [0, 0.05) is 12.4 Å². The summed E-state index contributed by atoms with van der Waals surface area (Å²) < 4.78 is 12.7. The molecule has 4 rings (SSSR count). The summed E-state index contributed by atoms with van der Waals surface area (Å²) in [5.74, 6) is 1.20. The predicted molar refractivity (Wildman–Crippen MR) is 100 cm³/mol. The van der Waals surface area contributed by atoms with Crippen molar-refractivity contribution >= 4 is 16.7 Å². The van der Waals surface area contributed by atoms with Crippen LogP contribution in [0.1, 0.15) is 5.69 Å². The van der Waals surface area contributed by atoms with Crippen LogP contribution >= 0.6 is 0 Å². The van der Waals surface area contributed by atoms with Gasteiger partial charge in [-0.1, -0.05) is 30.3 Å². The number of rotatable bonds is 4. The quantitative estimate of drug-likeness (QED) is 0.756. The molecule has 2 aromatic carbocycles. The van der Waals surface area contributed by atoms with E-state index in [1.807, 2.05) is 30.3 Å². The Morgan fingerprint density at radius 3 is 2.67 bits per heavy atom. The van der Waals surface area contributed by atoms with Crippen molar-refractivity contribution in [2.24, 2.45) is 7.05 Å². The average Bonchev–Trinajstić information content (AvgIpc) is 2.70. The molecule has 0 unspecified atom stereocenters. The van der Waals surface area contributed by atoms with Crippen LogP contribution in [0, 0.1) is 0 Å². The molecule has 7 nitrogen and oxygen atoms in total. The molecule has 1 atom stereocenters. The van der Waals surface area contributed by atoms with Gasteiger partial charge in [-0.25, -0.2) is 4.68 Å². The lowest BCUT2D eigenvalue weighted by Gasteiger charge is -2.26. The van der Waals surface area contributed by atoms with Crippen molar-refractivity contribution in [3.63, 3.8) is 0 Å². The van der Waals surface area contributed by atoms with Gasteiger partial charge < -0.3 is 14.8 Å². The SMILES string of the molecule is Cn1nc(CC(=O)NC[C@H]2COc3ccccc3O2)c2ccccc2c1=O. The number of nitrogens with one attached hydrogen (secondary N) is 1. The van der Waals surface area contributed by atoms with Gasteiger partial charge in [0.2, 0.25) is 5.91 Å². The highest BCUT2D eigenvalue weighted by Crippen LogP contribution is 2.30. The number of carbonyl (C=O) groups is 1. The second kappa shape index (κ2) is 7.11. The maximum Gasteiger partial charge on any atom is 0.274 e. The molecule has 138 valence electrons. The summed E-state index contributed by atoms with van der Waals surface area (Å²) in [5, 5.41) is 8.36. The number of carbonyl (C=O) groups excluding carboxylic acids is 1. The molecule has 2 heterocycles. The molecule has 0 saturated carbocycles. The largest absolute Gasteiger partial charge is 0.486 e. The van der Waals surface area contributed by atoms with Crippen molar-refractivity contribution < 1.29 is 14.3 Å². The van der Waals surface area contributed by atoms with Crippen molar-refractivity contribution in [2.45, 2.75) is 12.5 Å². The van der Waals surface area contributed by atoms with Crippen LogP contribution in [0.15, 0.2) is 53.3 Å². The molecule has 0 fully saturated rings. The van der Waals surface area contributed by atoms with E-state index in [-0.39, 0.29) is 24.0 Å². The summed E-state index contributed by atoms with van der Waals surface area (Å²) in [5.41, 5.74) is 0.387. The number of hydrogen-bond acceptors (Lipinski definition) is 5. The minimum absolute atomic E-state index is 0.0821. The molecule has 0 saturated heterocycles. The number of benzene rings is 2. The molecule has 1 amide bonds. The number of aromatic nitrogens is 2. The standard InChI is InChI=1S/C20H19N3O4/c1-23-20(25)15-7-3-2-6-14(15)16(22-23)10-19(24)21-11-13-12-26-17-8-4-5-9-18(17)27-13/h2-9,13H,10-12H2,1H3,(H,21,24)/t13-/m0/s1. The van der Waals surface area contributed by atoms with Gasteiger partial charge in [-0.05, 0) is 18.2 Å². The van der Waals surface area contributed by atoms with Crippen molar-refractivity contribution in [1.29, 1.82) is 0 Å². The Morgan fingerprint density at radius 1 is 1.15 bits per heavy atom. The Balaban J connectivity index is 1.43. The smallest absolute Gasteiger partial charge is 0.274 e. The molecule has 1 aromatic heterocycles. The van der Waals surface area contributed by atoms with E-state index in [1.54, 1.807) is 25.2 Å². The van der Waals surface area contributed by atoms with Gasteiger partial charge in [0.1, 0.15) is 12.7 Å². The molecular formula is C20H19N3O4. The maximum absolute atomic E-state index is 12.4. The van der Waals surface area contributed by atoms with Crippen LogP contribution < -0.4 is 20.3 Å². The lowest BCUT2D eigenvalue weighted by atomic mass is 10.1. The van der Waals surface area contributed by atoms with E-state index >= 15 is 0 Å². The zero-order valence-corrected chi connectivity index (χ0v) is 14.8. The van der Waals surface area contributed by atoms with Crippen LogP contribution in [0.5, 0.6) is 11.5 Å². The summed E-state index contributed by atoms with van der Waals surface area (Å²) in [7, 11) is 1.58. The summed E-state index contributed by atoms with van der Waals surface area (Å²) in [6, 6.07) is 14.6. The first-order chi connectivity index (χ1) is 13.1. The first-order valence-electron chi connectivity index (χ1n) is 8.72. The predicted octanol–water partition coefficient (Wildman–Crippen LogP) is 1.43. The van der Waals surface area contributed by atoms with Gasteiger partial charge >= 0.3 is 0 Å². The fourth-order valence-corrected chi connectivity index (χ4v) is 3.11. The van der Waals surface area contributed by atoms with Crippen molar-refractivity contribution in [1.82, 2.24) is 15.1 Å². The fourth-order valence-electron chi connectivity index (χ4n) is 3.11. The van der Waals surface area contributed by atoms with Gasteiger partial charge in [-0.2, -0.15) is 5.10 Å². The van der Waals surface area contributed by atoms with E-state index in [2.05, 4.69) is 10.4 Å². The highest BCUT2D eigenvalue weighted by Gasteiger charge is 2.21. The third kappa shape index (κ3) is 3.48. The number of aryl methyl sites for hydroxylation is 1. The highest BCUT2D eigenvalue weighted by atomic mass is 16.6. The van der Waals surface area contributed by atoms with Gasteiger partial charge in [0.05, 0.1) is 24.0 Å². The third-order valence-corrected chi connectivity index (χ3v) is 4.46. The van der Waals surface area contributed by atoms with E-state index in [0.717, 1.165) is 0 Å². The Bertz CT molecular complexity index is 1060. The van der Waals surface area contributed by atoms with Crippen LogP contribution in [-0.4, -0.2) is 34.9 Å². The van der Waals surface area contributed by atoms with E-state index in [4.69, 9.17) is 9.47 Å². The lowest BCUT2D eigenvalue weighted by Crippen LogP contribution is -2.41. The number of ether oxygens (including phenoxy) is 2. The molecule has 0 aliphatic carbocycles. The summed E-state index contributed by atoms with van der Waals surface area (Å²) in [6.45, 7) is 0.704. The topological polar surface area (TPSA) is 82.5 Å². The van der Waals surface area contributed by atoms with Crippen LogP contribution in [-0.2, 0) is 18.3 Å². The van der Waals surface area contributed by atoms with Crippen LogP contribution in [0.4, 0.5) is 0 Å². The van der Waals surface area contributed by atoms with Crippen LogP contribution in [0.25, 0.3) is 10.8 Å². The number of fused-ring (bicyclic) bond motifs is 2. The molecule has 1 aliphatic rings. The summed E-state index contributed by atoms with van der Waals surface area (Å²) >= 11 is 0. The second-order valence-electron chi connectivity index (χ2n) is 6.40. The van der Waals surface area contributed by atoms with E-state index in [1.165, 1.54) is 4.68 Å². The van der Waals surface area contributed by atoms with Gasteiger partial charge in [0.25, 0.3) is 5.56 Å². The zero-order chi connectivity index (χ0) is 18.8. The van der Waals surface area contributed by atoms with E-state index < -0.39 is 0 Å². The molecule has 7 heteroatoms. The highest BCUT2D eigenvalue weighted by molar-refractivity contribution is 5.88. The van der Waals surface area contributed by atoms with Gasteiger partial charge in [0.15, 0.2) is 11.5 Å². The number of nitrogens with zero attached hydrogens (tertiary/aromatic N) is 2. The van der Waals surface area contributed by atoms with Gasteiger partial charge in [-0.3, -0.25) is 9.59 Å². The second-order valence-corrected chi connectivity index (χ2v) is 6.40. The molecule has 27 heavy (non-hydrogen) atoms. The van der Waals surface area contributed by atoms with Crippen molar-refractivity contribution in [3.8, 4) is 11.5 Å².